The third-order valence-corrected chi connectivity index (χ3v) is 2.75. The molecule has 1 amide bonds. The van der Waals surface area contributed by atoms with Gasteiger partial charge < -0.3 is 10.4 Å². The summed E-state index contributed by atoms with van der Waals surface area (Å²) in [6.07, 6.45) is 1.42. The number of amides is 1. The second-order valence-electron chi connectivity index (χ2n) is 2.87. The first kappa shape index (κ1) is 10.7. The van der Waals surface area contributed by atoms with Crippen molar-refractivity contribution in [3.8, 4) is 5.69 Å². The van der Waals surface area contributed by atoms with Crippen LogP contribution in [0.15, 0.2) is 17.8 Å². The topological polar surface area (TPSA) is 92.9 Å². The van der Waals surface area contributed by atoms with E-state index >= 15 is 0 Å². The highest BCUT2D eigenvalue weighted by molar-refractivity contribution is 7.12. The molecular formula is C8H9N5O2S. The molecule has 0 aliphatic rings. The van der Waals surface area contributed by atoms with E-state index in [1.54, 1.807) is 11.4 Å². The molecule has 0 aliphatic carbocycles. The Hall–Kier alpha value is -1.80. The lowest BCUT2D eigenvalue weighted by Crippen LogP contribution is -2.26. The van der Waals surface area contributed by atoms with Gasteiger partial charge in [0.1, 0.15) is 11.2 Å². The molecule has 0 fully saturated rings. The van der Waals surface area contributed by atoms with E-state index in [0.29, 0.717) is 10.6 Å². The number of nitrogens with one attached hydrogen (secondary N) is 1. The third-order valence-electron chi connectivity index (χ3n) is 1.84. The molecule has 7 nitrogen and oxygen atoms in total. The minimum Gasteiger partial charge on any atom is -0.395 e. The van der Waals surface area contributed by atoms with Crippen LogP contribution in [0.1, 0.15) is 9.67 Å². The average Bonchev–Trinajstić information content (AvgIpc) is 2.94. The summed E-state index contributed by atoms with van der Waals surface area (Å²) in [5, 5.41) is 23.7. The monoisotopic (exact) mass is 239 g/mol. The van der Waals surface area contributed by atoms with Crippen LogP contribution in [0, 0.1) is 0 Å². The standard InChI is InChI=1S/C8H9N5O2S/c14-3-2-9-8(15)7-6(1-4-16-7)13-5-10-11-12-13/h1,4-5,14H,2-3H2,(H,9,15). The Balaban J connectivity index is 2.23. The van der Waals surface area contributed by atoms with Gasteiger partial charge in [-0.05, 0) is 21.9 Å². The number of carbonyl (C=O) groups is 1. The molecule has 2 N–H and O–H groups in total. The van der Waals surface area contributed by atoms with E-state index in [0.717, 1.165) is 0 Å². The maximum absolute atomic E-state index is 11.7. The van der Waals surface area contributed by atoms with Gasteiger partial charge in [0.05, 0.1) is 12.3 Å². The Morgan fingerprint density at radius 3 is 3.19 bits per heavy atom. The molecule has 0 saturated carbocycles. The summed E-state index contributed by atoms with van der Waals surface area (Å²) in [5.41, 5.74) is 0.630. The van der Waals surface area contributed by atoms with Crippen molar-refractivity contribution >= 4 is 17.2 Å². The second-order valence-corrected chi connectivity index (χ2v) is 3.78. The van der Waals surface area contributed by atoms with Gasteiger partial charge in [-0.1, -0.05) is 0 Å². The van der Waals surface area contributed by atoms with Crippen LogP contribution < -0.4 is 5.32 Å². The molecule has 0 aromatic carbocycles. The Morgan fingerprint density at radius 1 is 1.62 bits per heavy atom. The fourth-order valence-electron chi connectivity index (χ4n) is 1.17. The van der Waals surface area contributed by atoms with Crippen LogP contribution in [0.25, 0.3) is 5.69 Å². The highest BCUT2D eigenvalue weighted by atomic mass is 32.1. The third kappa shape index (κ3) is 2.07. The first-order valence-electron chi connectivity index (χ1n) is 4.53. The van der Waals surface area contributed by atoms with Gasteiger partial charge in [-0.2, -0.15) is 4.68 Å². The molecule has 2 aromatic rings. The van der Waals surface area contributed by atoms with Gasteiger partial charge >= 0.3 is 0 Å². The molecular weight excluding hydrogens is 230 g/mol. The molecule has 0 unspecified atom stereocenters. The van der Waals surface area contributed by atoms with Crippen molar-refractivity contribution in [2.75, 3.05) is 13.2 Å². The van der Waals surface area contributed by atoms with Crippen molar-refractivity contribution in [2.24, 2.45) is 0 Å². The predicted molar refractivity (Wildman–Crippen MR) is 56.5 cm³/mol. The number of aromatic nitrogens is 4. The van der Waals surface area contributed by atoms with E-state index in [-0.39, 0.29) is 19.1 Å². The van der Waals surface area contributed by atoms with Gasteiger partial charge in [-0.25, -0.2) is 0 Å². The summed E-state index contributed by atoms with van der Waals surface area (Å²) in [5.74, 6) is -0.241. The number of carbonyl (C=O) groups excluding carboxylic acids is 1. The lowest BCUT2D eigenvalue weighted by Gasteiger charge is -2.03. The summed E-state index contributed by atoms with van der Waals surface area (Å²) in [6.45, 7) is 0.142. The number of thiophene rings is 1. The fraction of sp³-hybridized carbons (Fsp3) is 0.250. The van der Waals surface area contributed by atoms with Crippen molar-refractivity contribution in [3.63, 3.8) is 0 Å². The number of nitrogens with zero attached hydrogens (tertiary/aromatic N) is 4. The Kier molecular flexibility index (Phi) is 3.22. The number of aliphatic hydroxyl groups is 1. The quantitative estimate of drug-likeness (QED) is 0.746. The summed E-state index contributed by atoms with van der Waals surface area (Å²) in [4.78, 5) is 12.2. The van der Waals surface area contributed by atoms with Crippen molar-refractivity contribution < 1.29 is 9.90 Å². The highest BCUT2D eigenvalue weighted by Gasteiger charge is 2.14. The van der Waals surface area contributed by atoms with Crippen LogP contribution in [0.4, 0.5) is 0 Å². The second kappa shape index (κ2) is 4.81. The summed E-state index contributed by atoms with van der Waals surface area (Å²) in [6, 6.07) is 1.76. The normalized spacial score (nSPS) is 10.3. The van der Waals surface area contributed by atoms with Crippen LogP contribution in [-0.2, 0) is 0 Å². The van der Waals surface area contributed by atoms with E-state index in [2.05, 4.69) is 20.8 Å². The predicted octanol–water partition coefficient (Wildman–Crippen LogP) is -0.554. The fourth-order valence-corrected chi connectivity index (χ4v) is 1.97. The van der Waals surface area contributed by atoms with Crippen molar-refractivity contribution in [3.05, 3.63) is 22.7 Å². The molecule has 0 aliphatic heterocycles. The SMILES string of the molecule is O=C(NCCO)c1sccc1-n1cnnn1. The van der Waals surface area contributed by atoms with Gasteiger partial charge in [0.25, 0.3) is 5.91 Å². The number of hydrogen-bond acceptors (Lipinski definition) is 6. The van der Waals surface area contributed by atoms with Gasteiger partial charge in [0, 0.05) is 6.54 Å². The number of tetrazole rings is 1. The van der Waals surface area contributed by atoms with Gasteiger partial charge in [0.2, 0.25) is 0 Å². The highest BCUT2D eigenvalue weighted by Crippen LogP contribution is 2.19. The first-order chi connectivity index (χ1) is 7.83. The number of aliphatic hydroxyl groups excluding tert-OH is 1. The van der Waals surface area contributed by atoms with Crippen LogP contribution in [0.3, 0.4) is 0 Å². The van der Waals surface area contributed by atoms with Crippen LogP contribution >= 0.6 is 11.3 Å². The van der Waals surface area contributed by atoms with Gasteiger partial charge in [-0.3, -0.25) is 4.79 Å². The zero-order valence-corrected chi connectivity index (χ0v) is 9.02. The molecule has 8 heteroatoms. The molecule has 84 valence electrons. The van der Waals surface area contributed by atoms with E-state index < -0.39 is 0 Å². The number of hydrogen-bond donors (Lipinski definition) is 2. The summed E-state index contributed by atoms with van der Waals surface area (Å²) < 4.78 is 1.42. The average molecular weight is 239 g/mol. The van der Waals surface area contributed by atoms with E-state index in [1.165, 1.54) is 22.3 Å². The molecule has 2 aromatic heterocycles. The minimum atomic E-state index is -0.241. The Labute approximate surface area is 94.7 Å². The lowest BCUT2D eigenvalue weighted by molar-refractivity contribution is 0.0948. The van der Waals surface area contributed by atoms with Crippen molar-refractivity contribution in [1.29, 1.82) is 0 Å². The largest absolute Gasteiger partial charge is 0.395 e. The number of rotatable bonds is 4. The molecule has 0 saturated heterocycles. The van der Waals surface area contributed by atoms with Gasteiger partial charge in [0.15, 0.2) is 0 Å². The van der Waals surface area contributed by atoms with Crippen molar-refractivity contribution in [1.82, 2.24) is 25.5 Å². The maximum Gasteiger partial charge on any atom is 0.263 e. The molecule has 0 bridgehead atoms. The van der Waals surface area contributed by atoms with E-state index in [1.807, 2.05) is 0 Å². The van der Waals surface area contributed by atoms with Crippen LogP contribution in [0.5, 0.6) is 0 Å². The summed E-state index contributed by atoms with van der Waals surface area (Å²) >= 11 is 1.30. The lowest BCUT2D eigenvalue weighted by atomic mass is 10.3. The van der Waals surface area contributed by atoms with Crippen molar-refractivity contribution in [2.45, 2.75) is 0 Å². The van der Waals surface area contributed by atoms with Gasteiger partial charge in [-0.15, -0.1) is 16.4 Å². The maximum atomic E-state index is 11.7. The zero-order chi connectivity index (χ0) is 11.4. The zero-order valence-electron chi connectivity index (χ0n) is 8.20. The molecule has 0 spiro atoms. The molecule has 16 heavy (non-hydrogen) atoms. The van der Waals surface area contributed by atoms with Crippen LogP contribution in [-0.4, -0.2) is 44.4 Å². The summed E-state index contributed by atoms with van der Waals surface area (Å²) in [7, 11) is 0. The van der Waals surface area contributed by atoms with E-state index in [9.17, 15) is 4.79 Å². The Bertz CT molecular complexity index is 466. The molecule has 2 rings (SSSR count). The van der Waals surface area contributed by atoms with E-state index in [4.69, 9.17) is 5.11 Å². The molecule has 0 radical (unpaired) electrons. The molecule has 2 heterocycles. The molecule has 0 atom stereocenters. The first-order valence-corrected chi connectivity index (χ1v) is 5.41. The minimum absolute atomic E-state index is 0.0860. The van der Waals surface area contributed by atoms with Crippen LogP contribution in [0.2, 0.25) is 0 Å². The Morgan fingerprint density at radius 2 is 2.50 bits per heavy atom. The smallest absolute Gasteiger partial charge is 0.263 e.